The van der Waals surface area contributed by atoms with Gasteiger partial charge in [0, 0.05) is 6.54 Å². The molecule has 0 radical (unpaired) electrons. The first-order valence-corrected chi connectivity index (χ1v) is 9.38. The molecule has 1 aromatic heterocycles. The van der Waals surface area contributed by atoms with Crippen LogP contribution in [0.1, 0.15) is 10.4 Å². The van der Waals surface area contributed by atoms with E-state index in [1.807, 2.05) is 65.2 Å². The van der Waals surface area contributed by atoms with Gasteiger partial charge in [0.1, 0.15) is 5.75 Å². The highest BCUT2D eigenvalue weighted by atomic mass is 32.1. The van der Waals surface area contributed by atoms with Crippen molar-refractivity contribution in [2.24, 2.45) is 4.99 Å². The van der Waals surface area contributed by atoms with Crippen molar-refractivity contribution in [1.82, 2.24) is 4.57 Å². The molecule has 4 nitrogen and oxygen atoms in total. The van der Waals surface area contributed by atoms with Crippen LogP contribution in [0, 0.1) is 0 Å². The molecular formula is C22H18N2O2S. The highest BCUT2D eigenvalue weighted by Gasteiger charge is 2.14. The van der Waals surface area contributed by atoms with Crippen LogP contribution in [0.3, 0.4) is 0 Å². The summed E-state index contributed by atoms with van der Waals surface area (Å²) in [4.78, 5) is 18.1. The van der Waals surface area contributed by atoms with Crippen molar-refractivity contribution in [2.45, 2.75) is 6.54 Å². The molecule has 0 bridgehead atoms. The second kappa shape index (κ2) is 7.21. The van der Waals surface area contributed by atoms with Crippen LogP contribution < -0.4 is 9.54 Å². The largest absolute Gasteiger partial charge is 0.496 e. The van der Waals surface area contributed by atoms with Crippen LogP contribution in [0.2, 0.25) is 0 Å². The van der Waals surface area contributed by atoms with Gasteiger partial charge in [-0.1, -0.05) is 53.8 Å². The van der Waals surface area contributed by atoms with E-state index in [0.29, 0.717) is 22.7 Å². The molecule has 0 N–H and O–H groups in total. The fourth-order valence-electron chi connectivity index (χ4n) is 3.11. The number of ether oxygens (including phenoxy) is 1. The van der Waals surface area contributed by atoms with Gasteiger partial charge in [-0.3, -0.25) is 4.79 Å². The number of nitrogens with zero attached hydrogens (tertiary/aromatic N) is 2. The maximum Gasteiger partial charge on any atom is 0.283 e. The fraction of sp³-hybridized carbons (Fsp3) is 0.0909. The highest BCUT2D eigenvalue weighted by molar-refractivity contribution is 7.16. The molecule has 0 fully saturated rings. The van der Waals surface area contributed by atoms with E-state index in [4.69, 9.17) is 4.74 Å². The van der Waals surface area contributed by atoms with E-state index in [1.165, 1.54) is 11.3 Å². The molecule has 134 valence electrons. The number of para-hydroxylation sites is 1. The van der Waals surface area contributed by atoms with E-state index in [-0.39, 0.29) is 5.91 Å². The van der Waals surface area contributed by atoms with Crippen molar-refractivity contribution in [1.29, 1.82) is 0 Å². The minimum atomic E-state index is -0.318. The monoisotopic (exact) mass is 374 g/mol. The van der Waals surface area contributed by atoms with Gasteiger partial charge in [0.25, 0.3) is 5.91 Å². The van der Waals surface area contributed by atoms with Gasteiger partial charge in [0.05, 0.1) is 22.9 Å². The summed E-state index contributed by atoms with van der Waals surface area (Å²) in [5.74, 6) is 0.209. The third-order valence-electron chi connectivity index (χ3n) is 4.40. The van der Waals surface area contributed by atoms with Crippen molar-refractivity contribution < 1.29 is 9.53 Å². The van der Waals surface area contributed by atoms with Crippen LogP contribution >= 0.6 is 11.3 Å². The molecule has 4 aromatic rings. The van der Waals surface area contributed by atoms with Crippen molar-refractivity contribution in [3.63, 3.8) is 0 Å². The van der Waals surface area contributed by atoms with E-state index in [1.54, 1.807) is 13.2 Å². The van der Waals surface area contributed by atoms with Crippen molar-refractivity contribution >= 4 is 38.2 Å². The molecule has 5 heteroatoms. The topological polar surface area (TPSA) is 43.6 Å². The van der Waals surface area contributed by atoms with E-state index >= 15 is 0 Å². The molecule has 0 unspecified atom stereocenters. The average Bonchev–Trinajstić information content (AvgIpc) is 3.04. The molecule has 0 saturated heterocycles. The minimum absolute atomic E-state index is 0.318. The Labute approximate surface area is 160 Å². The van der Waals surface area contributed by atoms with E-state index in [0.717, 1.165) is 21.0 Å². The van der Waals surface area contributed by atoms with Gasteiger partial charge in [-0.15, -0.1) is 6.58 Å². The Hall–Kier alpha value is -3.18. The van der Waals surface area contributed by atoms with Gasteiger partial charge >= 0.3 is 0 Å². The molecule has 27 heavy (non-hydrogen) atoms. The lowest BCUT2D eigenvalue weighted by Gasteiger charge is -2.07. The number of rotatable bonds is 4. The van der Waals surface area contributed by atoms with Gasteiger partial charge in [0.2, 0.25) is 0 Å². The Morgan fingerprint density at radius 1 is 1.15 bits per heavy atom. The first-order chi connectivity index (χ1) is 13.2. The Morgan fingerprint density at radius 2 is 1.85 bits per heavy atom. The van der Waals surface area contributed by atoms with Crippen LogP contribution in [0.25, 0.3) is 21.0 Å². The third-order valence-corrected chi connectivity index (χ3v) is 5.45. The van der Waals surface area contributed by atoms with Crippen molar-refractivity contribution in [2.75, 3.05) is 7.11 Å². The van der Waals surface area contributed by atoms with Crippen LogP contribution in [-0.4, -0.2) is 17.6 Å². The third kappa shape index (κ3) is 3.17. The number of hydrogen-bond donors (Lipinski definition) is 0. The number of carbonyl (C=O) groups is 1. The molecule has 0 aliphatic heterocycles. The second-order valence-corrected chi connectivity index (χ2v) is 7.08. The molecular weight excluding hydrogens is 356 g/mol. The van der Waals surface area contributed by atoms with E-state index < -0.39 is 0 Å². The molecule has 0 aliphatic rings. The lowest BCUT2D eigenvalue weighted by molar-refractivity contribution is 0.0995. The molecule has 1 heterocycles. The highest BCUT2D eigenvalue weighted by Crippen LogP contribution is 2.26. The standard InChI is InChI=1S/C22H18N2O2S/c1-3-12-24-18-10-6-7-11-20(18)27-22(24)23-21(25)17-13-15-8-4-5-9-16(15)14-19(17)26-2/h3-11,13-14H,1,12H2,2H3. The Balaban J connectivity index is 1.89. The second-order valence-electron chi connectivity index (χ2n) is 6.07. The summed E-state index contributed by atoms with van der Waals surface area (Å²) < 4.78 is 8.53. The summed E-state index contributed by atoms with van der Waals surface area (Å²) in [7, 11) is 1.57. The van der Waals surface area contributed by atoms with E-state index in [9.17, 15) is 4.79 Å². The van der Waals surface area contributed by atoms with Crippen molar-refractivity contribution in [3.05, 3.63) is 83.7 Å². The van der Waals surface area contributed by atoms with Gasteiger partial charge < -0.3 is 9.30 Å². The Kier molecular flexibility index (Phi) is 4.60. The van der Waals surface area contributed by atoms with Gasteiger partial charge in [0.15, 0.2) is 4.80 Å². The summed E-state index contributed by atoms with van der Waals surface area (Å²) in [6, 6.07) is 19.6. The zero-order valence-corrected chi connectivity index (χ0v) is 15.7. The molecule has 0 atom stereocenters. The number of thiazole rings is 1. The van der Waals surface area contributed by atoms with Crippen LogP contribution in [0.4, 0.5) is 0 Å². The average molecular weight is 374 g/mol. The quantitative estimate of drug-likeness (QED) is 0.482. The maximum absolute atomic E-state index is 13.0. The van der Waals surface area contributed by atoms with Crippen LogP contribution in [-0.2, 0) is 6.54 Å². The molecule has 0 saturated carbocycles. The number of aromatic nitrogens is 1. The molecule has 0 spiro atoms. The van der Waals surface area contributed by atoms with Gasteiger partial charge in [-0.2, -0.15) is 4.99 Å². The summed E-state index contributed by atoms with van der Waals surface area (Å²) in [5, 5.41) is 2.00. The lowest BCUT2D eigenvalue weighted by Crippen LogP contribution is -2.16. The molecule has 4 rings (SSSR count). The lowest BCUT2D eigenvalue weighted by atomic mass is 10.1. The molecule has 1 amide bonds. The van der Waals surface area contributed by atoms with Crippen LogP contribution in [0.15, 0.2) is 78.3 Å². The van der Waals surface area contributed by atoms with Gasteiger partial charge in [-0.05, 0) is 35.0 Å². The predicted octanol–water partition coefficient (Wildman–Crippen LogP) is 4.79. The Bertz CT molecular complexity index is 1230. The fourth-order valence-corrected chi connectivity index (χ4v) is 4.15. The number of fused-ring (bicyclic) bond motifs is 2. The first kappa shape index (κ1) is 17.2. The van der Waals surface area contributed by atoms with Crippen LogP contribution in [0.5, 0.6) is 5.75 Å². The number of hydrogen-bond acceptors (Lipinski definition) is 3. The number of carbonyl (C=O) groups excluding carboxylic acids is 1. The Morgan fingerprint density at radius 3 is 2.59 bits per heavy atom. The van der Waals surface area contributed by atoms with Crippen molar-refractivity contribution in [3.8, 4) is 5.75 Å². The molecule has 3 aromatic carbocycles. The zero-order valence-electron chi connectivity index (χ0n) is 14.9. The van der Waals surface area contributed by atoms with E-state index in [2.05, 4.69) is 11.6 Å². The predicted molar refractivity (Wildman–Crippen MR) is 110 cm³/mol. The normalized spacial score (nSPS) is 11.8. The summed E-state index contributed by atoms with van der Waals surface area (Å²) in [6.45, 7) is 4.41. The number of amides is 1. The number of benzene rings is 3. The summed E-state index contributed by atoms with van der Waals surface area (Å²) in [5.41, 5.74) is 1.50. The zero-order chi connectivity index (χ0) is 18.8. The smallest absolute Gasteiger partial charge is 0.283 e. The first-order valence-electron chi connectivity index (χ1n) is 8.56. The molecule has 0 aliphatic carbocycles. The van der Waals surface area contributed by atoms with Gasteiger partial charge in [-0.25, -0.2) is 0 Å². The minimum Gasteiger partial charge on any atom is -0.496 e. The summed E-state index contributed by atoms with van der Waals surface area (Å²) in [6.07, 6.45) is 1.80. The SMILES string of the molecule is C=CCn1c(=NC(=O)c2cc3ccccc3cc2OC)sc2ccccc21. The number of methoxy groups -OCH3 is 1. The maximum atomic E-state index is 13.0. The summed E-state index contributed by atoms with van der Waals surface area (Å²) >= 11 is 1.49. The number of allylic oxidation sites excluding steroid dienone is 1.